The number of alkyl halides is 1. The van der Waals surface area contributed by atoms with E-state index in [2.05, 4.69) is 14.7 Å². The molecule has 1 aromatic carbocycles. The van der Waals surface area contributed by atoms with Crippen LogP contribution in [0, 0.1) is 5.82 Å². The van der Waals surface area contributed by atoms with Gasteiger partial charge in [0.15, 0.2) is 0 Å². The Kier molecular flexibility index (Phi) is 3.60. The molecule has 19 heavy (non-hydrogen) atoms. The first-order valence-corrected chi connectivity index (χ1v) is 7.31. The SMILES string of the molecule is Fc1ccc2nc(CCCl)n(N3CCCCC3)c2c1. The van der Waals surface area contributed by atoms with Gasteiger partial charge in [-0.25, -0.2) is 14.1 Å². The molecular formula is C14H17ClFN3. The van der Waals surface area contributed by atoms with Gasteiger partial charge in [0.25, 0.3) is 0 Å². The van der Waals surface area contributed by atoms with Crippen LogP contribution in [0.4, 0.5) is 4.39 Å². The third kappa shape index (κ3) is 2.41. The zero-order valence-electron chi connectivity index (χ0n) is 10.8. The van der Waals surface area contributed by atoms with Crippen LogP contribution in [0.15, 0.2) is 18.2 Å². The minimum absolute atomic E-state index is 0.219. The van der Waals surface area contributed by atoms with Crippen LogP contribution in [0.5, 0.6) is 0 Å². The van der Waals surface area contributed by atoms with Gasteiger partial charge in [-0.1, -0.05) is 0 Å². The van der Waals surface area contributed by atoms with Gasteiger partial charge >= 0.3 is 0 Å². The zero-order valence-corrected chi connectivity index (χ0v) is 11.5. The molecule has 102 valence electrons. The maximum Gasteiger partial charge on any atom is 0.130 e. The Hall–Kier alpha value is -1.29. The maximum absolute atomic E-state index is 13.5. The average Bonchev–Trinajstić information content (AvgIpc) is 2.77. The summed E-state index contributed by atoms with van der Waals surface area (Å²) in [7, 11) is 0. The number of hydrogen-bond donors (Lipinski definition) is 0. The highest BCUT2D eigenvalue weighted by Gasteiger charge is 2.18. The molecule has 0 saturated carbocycles. The molecule has 3 rings (SSSR count). The third-order valence-corrected chi connectivity index (χ3v) is 3.78. The molecule has 0 bridgehead atoms. The van der Waals surface area contributed by atoms with Crippen molar-refractivity contribution in [1.82, 2.24) is 9.66 Å². The molecule has 5 heteroatoms. The van der Waals surface area contributed by atoms with Crippen LogP contribution in [0.2, 0.25) is 0 Å². The van der Waals surface area contributed by atoms with E-state index in [1.54, 1.807) is 12.1 Å². The highest BCUT2D eigenvalue weighted by Crippen LogP contribution is 2.21. The number of imidazole rings is 1. The summed E-state index contributed by atoms with van der Waals surface area (Å²) < 4.78 is 15.6. The monoisotopic (exact) mass is 281 g/mol. The number of benzene rings is 1. The first-order chi connectivity index (χ1) is 9.29. The second kappa shape index (κ2) is 5.37. The Morgan fingerprint density at radius 3 is 2.74 bits per heavy atom. The summed E-state index contributed by atoms with van der Waals surface area (Å²) in [4.78, 5) is 4.59. The number of fused-ring (bicyclic) bond motifs is 1. The highest BCUT2D eigenvalue weighted by molar-refractivity contribution is 6.17. The van der Waals surface area contributed by atoms with Crippen LogP contribution in [-0.2, 0) is 6.42 Å². The third-order valence-electron chi connectivity index (χ3n) is 3.59. The summed E-state index contributed by atoms with van der Waals surface area (Å²) in [5, 5.41) is 2.26. The summed E-state index contributed by atoms with van der Waals surface area (Å²) in [5.74, 6) is 1.24. The molecule has 2 heterocycles. The van der Waals surface area contributed by atoms with Crippen molar-refractivity contribution in [2.24, 2.45) is 0 Å². The van der Waals surface area contributed by atoms with Gasteiger partial charge in [-0.15, -0.1) is 11.6 Å². The minimum atomic E-state index is -0.219. The Morgan fingerprint density at radius 2 is 2.00 bits per heavy atom. The quantitative estimate of drug-likeness (QED) is 0.806. The van der Waals surface area contributed by atoms with E-state index in [4.69, 9.17) is 11.6 Å². The van der Waals surface area contributed by atoms with E-state index in [9.17, 15) is 4.39 Å². The summed E-state index contributed by atoms with van der Waals surface area (Å²) in [6, 6.07) is 4.76. The van der Waals surface area contributed by atoms with E-state index in [0.29, 0.717) is 12.3 Å². The van der Waals surface area contributed by atoms with Gasteiger partial charge in [0.2, 0.25) is 0 Å². The van der Waals surface area contributed by atoms with Gasteiger partial charge in [0.1, 0.15) is 11.6 Å². The molecule has 0 unspecified atom stereocenters. The lowest BCUT2D eigenvalue weighted by Gasteiger charge is -2.31. The second-order valence-electron chi connectivity index (χ2n) is 4.93. The Morgan fingerprint density at radius 1 is 1.21 bits per heavy atom. The standard InChI is InChI=1S/C14H17ClFN3/c15-7-6-14-17-12-5-4-11(16)10-13(12)19(14)18-8-2-1-3-9-18/h4-5,10H,1-3,6-9H2. The Bertz CT molecular complexity index is 575. The van der Waals surface area contributed by atoms with Crippen molar-refractivity contribution in [2.45, 2.75) is 25.7 Å². The zero-order chi connectivity index (χ0) is 13.2. The predicted octanol–water partition coefficient (Wildman–Crippen LogP) is 3.08. The Balaban J connectivity index is 2.11. The van der Waals surface area contributed by atoms with Crippen LogP contribution in [0.25, 0.3) is 11.0 Å². The summed E-state index contributed by atoms with van der Waals surface area (Å²) >= 11 is 5.86. The topological polar surface area (TPSA) is 21.1 Å². The fourth-order valence-corrected chi connectivity index (χ4v) is 2.89. The van der Waals surface area contributed by atoms with Gasteiger partial charge in [-0.05, 0) is 31.4 Å². The van der Waals surface area contributed by atoms with Gasteiger partial charge < -0.3 is 5.01 Å². The first kappa shape index (κ1) is 12.7. The maximum atomic E-state index is 13.5. The fourth-order valence-electron chi connectivity index (χ4n) is 2.73. The molecule has 0 spiro atoms. The van der Waals surface area contributed by atoms with Crippen molar-refractivity contribution in [3.63, 3.8) is 0 Å². The van der Waals surface area contributed by atoms with Crippen molar-refractivity contribution >= 4 is 22.6 Å². The number of piperidine rings is 1. The molecule has 0 radical (unpaired) electrons. The molecular weight excluding hydrogens is 265 g/mol. The van der Waals surface area contributed by atoms with Crippen molar-refractivity contribution in [2.75, 3.05) is 24.0 Å². The molecule has 1 fully saturated rings. The lowest BCUT2D eigenvalue weighted by atomic mass is 10.2. The van der Waals surface area contributed by atoms with Crippen LogP contribution < -0.4 is 5.01 Å². The number of nitrogens with zero attached hydrogens (tertiary/aromatic N) is 3. The normalized spacial score (nSPS) is 16.2. The number of aromatic nitrogens is 2. The van der Waals surface area contributed by atoms with Crippen LogP contribution in [-0.4, -0.2) is 28.6 Å². The van der Waals surface area contributed by atoms with E-state index in [-0.39, 0.29) is 5.82 Å². The van der Waals surface area contributed by atoms with E-state index in [1.807, 2.05) is 0 Å². The summed E-state index contributed by atoms with van der Waals surface area (Å²) in [6.45, 7) is 1.99. The van der Waals surface area contributed by atoms with Crippen LogP contribution >= 0.6 is 11.6 Å². The summed E-state index contributed by atoms with van der Waals surface area (Å²) in [5.41, 5.74) is 1.69. The van der Waals surface area contributed by atoms with Gasteiger partial charge in [0.05, 0.1) is 11.0 Å². The fraction of sp³-hybridized carbons (Fsp3) is 0.500. The number of hydrogen-bond acceptors (Lipinski definition) is 2. The second-order valence-corrected chi connectivity index (χ2v) is 5.30. The van der Waals surface area contributed by atoms with E-state index in [1.165, 1.54) is 25.3 Å². The predicted molar refractivity (Wildman–Crippen MR) is 75.9 cm³/mol. The Labute approximate surface area is 116 Å². The van der Waals surface area contributed by atoms with Crippen molar-refractivity contribution in [1.29, 1.82) is 0 Å². The lowest BCUT2D eigenvalue weighted by Crippen LogP contribution is -2.40. The molecule has 1 aliphatic heterocycles. The van der Waals surface area contributed by atoms with Crippen LogP contribution in [0.1, 0.15) is 25.1 Å². The molecule has 0 N–H and O–H groups in total. The van der Waals surface area contributed by atoms with Crippen LogP contribution in [0.3, 0.4) is 0 Å². The molecule has 1 aliphatic rings. The van der Waals surface area contributed by atoms with Crippen molar-refractivity contribution in [3.05, 3.63) is 29.8 Å². The molecule has 1 saturated heterocycles. The molecule has 2 aromatic rings. The highest BCUT2D eigenvalue weighted by atomic mass is 35.5. The van der Waals surface area contributed by atoms with Crippen molar-refractivity contribution in [3.8, 4) is 0 Å². The first-order valence-electron chi connectivity index (χ1n) is 6.77. The van der Waals surface area contributed by atoms with Gasteiger partial charge in [-0.3, -0.25) is 0 Å². The molecule has 0 aliphatic carbocycles. The molecule has 0 atom stereocenters. The number of aryl methyl sites for hydroxylation is 1. The van der Waals surface area contributed by atoms with Gasteiger partial charge in [0, 0.05) is 31.5 Å². The van der Waals surface area contributed by atoms with Gasteiger partial charge in [-0.2, -0.15) is 0 Å². The molecule has 1 aromatic heterocycles. The smallest absolute Gasteiger partial charge is 0.130 e. The molecule has 3 nitrogen and oxygen atoms in total. The molecule has 0 amide bonds. The summed E-state index contributed by atoms with van der Waals surface area (Å²) in [6.07, 6.45) is 4.32. The number of halogens is 2. The van der Waals surface area contributed by atoms with E-state index < -0.39 is 0 Å². The largest absolute Gasteiger partial charge is 0.311 e. The number of rotatable bonds is 3. The van der Waals surface area contributed by atoms with E-state index in [0.717, 1.165) is 29.9 Å². The average molecular weight is 282 g/mol. The van der Waals surface area contributed by atoms with E-state index >= 15 is 0 Å². The lowest BCUT2D eigenvalue weighted by molar-refractivity contribution is 0.476. The van der Waals surface area contributed by atoms with Crippen molar-refractivity contribution < 1.29 is 4.39 Å². The minimum Gasteiger partial charge on any atom is -0.311 e.